The Morgan fingerprint density at radius 1 is 0.0833 bits per heavy atom. The van der Waals surface area contributed by atoms with E-state index in [0.29, 0.717) is 5.39 Å². The molecule has 0 spiro atoms. The van der Waals surface area contributed by atoms with E-state index in [2.05, 4.69) is 0 Å². The van der Waals surface area contributed by atoms with Gasteiger partial charge in [0.1, 0.15) is 204 Å². The van der Waals surface area contributed by atoms with Crippen LogP contribution in [0.3, 0.4) is 0 Å². The maximum absolute atomic E-state index is 7.68. The van der Waals surface area contributed by atoms with Crippen LogP contribution in [0.2, 0.25) is 0 Å². The molecule has 11 aromatic rings. The first-order chi connectivity index (χ1) is 33.7. The van der Waals surface area contributed by atoms with Crippen LogP contribution in [0.1, 0.15) is 0 Å². The lowest BCUT2D eigenvalue weighted by molar-refractivity contribution is 1.85. The number of fused-ring (bicyclic) bond motifs is 3. The lowest BCUT2D eigenvalue weighted by atomic mass is 9.55. The molecule has 0 aliphatic carbocycles. The van der Waals surface area contributed by atoms with Crippen LogP contribution in [-0.4, -0.2) is 204 Å². The fraction of sp³-hybridized carbons (Fsp3) is 0. The number of benzene rings is 11. The Kier molecular flexibility index (Phi) is 11.2. The molecule has 11 rings (SSSR count). The van der Waals surface area contributed by atoms with Crippen molar-refractivity contribution in [3.05, 3.63) is 0 Å². The zero-order valence-electron chi connectivity index (χ0n) is 38.0. The molecule has 0 heterocycles. The molecule has 11 aromatic carbocycles. The summed E-state index contributed by atoms with van der Waals surface area (Å²) in [6.07, 6.45) is 0. The Morgan fingerprint density at radius 2 is 0.236 bits per heavy atom. The topological polar surface area (TPSA) is 0 Å². The van der Waals surface area contributed by atoms with E-state index in [1.165, 1.54) is 0 Å². The van der Waals surface area contributed by atoms with Gasteiger partial charge in [-0.1, -0.05) is 120 Å². The molecule has 0 aliphatic rings. The second-order valence-electron chi connectivity index (χ2n) is 18.3. The van der Waals surface area contributed by atoms with Crippen molar-refractivity contribution in [3.8, 4) is 22.3 Å². The van der Waals surface area contributed by atoms with E-state index in [-0.39, 0.29) is 245 Å². The highest BCUT2D eigenvalue weighted by atomic mass is 14.3. The first-order valence-corrected chi connectivity index (χ1v) is 21.5. The monoisotopic (exact) mass is 838 g/mol. The van der Waals surface area contributed by atoms with E-state index in [4.69, 9.17) is 204 Å². The summed E-state index contributed by atoms with van der Waals surface area (Å²) in [5.74, 6) is 0. The van der Waals surface area contributed by atoms with Gasteiger partial charge >= 0.3 is 0 Å². The van der Waals surface area contributed by atoms with Gasteiger partial charge < -0.3 is 0 Å². The molecule has 0 bridgehead atoms. The van der Waals surface area contributed by atoms with Gasteiger partial charge in [0, 0.05) is 0 Å². The summed E-state index contributed by atoms with van der Waals surface area (Å²) in [6, 6.07) is 0. The van der Waals surface area contributed by atoms with E-state index in [0.717, 1.165) is 0 Å². The molecule has 0 saturated heterocycles. The number of hydrogen-bond donors (Lipinski definition) is 0. The van der Waals surface area contributed by atoms with Crippen LogP contribution in [0.15, 0.2) is 0 Å². The summed E-state index contributed by atoms with van der Waals surface area (Å²) in [4.78, 5) is 0. The lowest BCUT2D eigenvalue weighted by Gasteiger charge is -2.34. The highest BCUT2D eigenvalue weighted by Crippen LogP contribution is 2.39. The van der Waals surface area contributed by atoms with Crippen molar-refractivity contribution in [1.82, 2.24) is 0 Å². The van der Waals surface area contributed by atoms with Crippen LogP contribution < -0.4 is 142 Å². The quantitative estimate of drug-likeness (QED) is 0.120. The standard InChI is InChI=1S/C46B26/c47-21-7(9-5-1-3-15(31(57)23(5)49)38(64)43(69)40(66)17(3)35(61)33(59)13(1)29(55)25(9)51)10-8(12-20(37(63)26(10)52)42(68)46(72)45(71)28(12)54)22(48)19(21)11-6-2-4-16(32(58)24(6)50)39(65)44(70)41(67)18(4)36(62)34(60)14(2)30(56)27(11)53. The molecule has 262 valence electrons. The summed E-state index contributed by atoms with van der Waals surface area (Å²) in [5.41, 5.74) is -2.05. The van der Waals surface area contributed by atoms with Crippen molar-refractivity contribution in [2.75, 3.05) is 0 Å². The Balaban J connectivity index is 1.51. The second kappa shape index (κ2) is 16.1. The minimum absolute atomic E-state index is 0.00157. The Hall–Kier alpha value is -4.29. The Bertz CT molecular complexity index is 4450. The lowest BCUT2D eigenvalue weighted by Crippen LogP contribution is -2.51. The average Bonchev–Trinajstić information content (AvgIpc) is 3.33. The molecule has 52 radical (unpaired) electrons. The number of hydrogen-bond acceptors (Lipinski definition) is 0. The molecule has 0 saturated carbocycles. The molecular formula is C46B26. The normalized spacial score (nSPS) is 12.2. The third-order valence-corrected chi connectivity index (χ3v) is 15.0. The molecule has 0 aromatic heterocycles. The summed E-state index contributed by atoms with van der Waals surface area (Å²) in [5, 5.41) is 2.69. The molecule has 0 fully saturated rings. The van der Waals surface area contributed by atoms with Crippen molar-refractivity contribution < 1.29 is 0 Å². The van der Waals surface area contributed by atoms with Gasteiger partial charge in [0.2, 0.25) is 0 Å². The largest absolute Gasteiger partial charge is 0.115 e. The van der Waals surface area contributed by atoms with Crippen LogP contribution >= 0.6 is 0 Å². The fourth-order valence-electron chi connectivity index (χ4n) is 11.5. The summed E-state index contributed by atoms with van der Waals surface area (Å²) in [7, 11) is 180. The first kappa shape index (κ1) is 49.9. The maximum atomic E-state index is 7.68. The van der Waals surface area contributed by atoms with Gasteiger partial charge in [-0.05, 0) is 108 Å². The molecule has 0 nitrogen and oxygen atoms in total. The molecule has 0 aliphatic heterocycles. The van der Waals surface area contributed by atoms with Gasteiger partial charge in [-0.25, -0.2) is 0 Å². The van der Waals surface area contributed by atoms with Crippen molar-refractivity contribution >= 4 is 432 Å². The average molecular weight is 834 g/mol. The van der Waals surface area contributed by atoms with Crippen molar-refractivity contribution in [1.29, 1.82) is 0 Å². The maximum Gasteiger partial charge on any atom is 0.115 e. The minimum atomic E-state index is -0.204. The molecule has 0 amide bonds. The smallest absolute Gasteiger partial charge is 0.110 e. The van der Waals surface area contributed by atoms with Crippen LogP contribution in [0.5, 0.6) is 0 Å². The van der Waals surface area contributed by atoms with Crippen molar-refractivity contribution in [2.45, 2.75) is 0 Å². The third-order valence-electron chi connectivity index (χ3n) is 15.0. The Labute approximate surface area is 451 Å². The van der Waals surface area contributed by atoms with E-state index in [9.17, 15) is 0 Å². The van der Waals surface area contributed by atoms with Crippen LogP contribution in [0.4, 0.5) is 0 Å². The van der Waals surface area contributed by atoms with Gasteiger partial charge in [0.05, 0.1) is 0 Å². The molecule has 0 unspecified atom stereocenters. The highest BCUT2D eigenvalue weighted by Gasteiger charge is 2.32. The SMILES string of the molecule is [B]c1c([B])c([B])c2c(c1[B])c([B])c([B])c1c(-c3c([B])c([B])c4c([B])c([B])c5c([B])c([B])c([B])c6c([B])c([B])c3c4c56)c([B])c(-c3c([B])c([B])c4c([B])c([B])c5c([B])c([B])c([B])c6c([B])c([B])c3c4c56)c([B])c12. The zero-order valence-corrected chi connectivity index (χ0v) is 38.0. The van der Waals surface area contributed by atoms with Gasteiger partial charge in [-0.3, -0.25) is 0 Å². The predicted molar refractivity (Wildman–Crippen MR) is 340 cm³/mol. The van der Waals surface area contributed by atoms with Crippen LogP contribution in [-0.2, 0) is 0 Å². The highest BCUT2D eigenvalue weighted by molar-refractivity contribution is 6.79. The summed E-state index contributed by atoms with van der Waals surface area (Å²) >= 11 is 0. The van der Waals surface area contributed by atoms with E-state index in [1.54, 1.807) is 0 Å². The molecule has 0 N–H and O–H groups in total. The fourth-order valence-corrected chi connectivity index (χ4v) is 11.5. The zero-order chi connectivity index (χ0) is 52.6. The molecule has 26 heteroatoms. The van der Waals surface area contributed by atoms with Crippen LogP contribution in [0.25, 0.3) is 108 Å². The second-order valence-corrected chi connectivity index (χ2v) is 18.3. The molecular weight excluding hydrogens is 834 g/mol. The van der Waals surface area contributed by atoms with Gasteiger partial charge in [-0.15, -0.1) is 21.9 Å². The predicted octanol–water partition coefficient (Wildman–Crippen LogP) is -18.2. The molecule has 0 atom stereocenters. The van der Waals surface area contributed by atoms with Gasteiger partial charge in [0.25, 0.3) is 0 Å². The first-order valence-electron chi connectivity index (χ1n) is 21.5. The van der Waals surface area contributed by atoms with E-state index >= 15 is 0 Å². The molecule has 72 heavy (non-hydrogen) atoms. The van der Waals surface area contributed by atoms with Crippen LogP contribution in [0, 0.1) is 0 Å². The van der Waals surface area contributed by atoms with Gasteiger partial charge in [0.15, 0.2) is 0 Å². The summed E-state index contributed by atoms with van der Waals surface area (Å²) < 4.78 is 0. The van der Waals surface area contributed by atoms with E-state index in [1.807, 2.05) is 0 Å². The van der Waals surface area contributed by atoms with Crippen molar-refractivity contribution in [3.63, 3.8) is 0 Å². The minimum Gasteiger partial charge on any atom is -0.110 e. The van der Waals surface area contributed by atoms with Gasteiger partial charge in [-0.2, -0.15) is 0 Å². The Morgan fingerprint density at radius 3 is 0.542 bits per heavy atom. The third kappa shape index (κ3) is 5.70. The van der Waals surface area contributed by atoms with Crippen molar-refractivity contribution in [2.24, 2.45) is 0 Å². The van der Waals surface area contributed by atoms with E-state index < -0.39 is 0 Å². The number of rotatable bonds is 2. The summed E-state index contributed by atoms with van der Waals surface area (Å²) in [6.45, 7) is 0.